The highest BCUT2D eigenvalue weighted by atomic mass is 32.2. The van der Waals surface area contributed by atoms with Crippen LogP contribution in [0, 0.1) is 0 Å². The van der Waals surface area contributed by atoms with Crippen molar-refractivity contribution >= 4 is 9.84 Å². The van der Waals surface area contributed by atoms with Crippen LogP contribution in [0.1, 0.15) is 55.9 Å². The summed E-state index contributed by atoms with van der Waals surface area (Å²) in [5, 5.41) is 0. The normalized spacial score (nSPS) is 20.5. The lowest BCUT2D eigenvalue weighted by Gasteiger charge is -2.23. The van der Waals surface area contributed by atoms with Gasteiger partial charge in [-0.2, -0.15) is 0 Å². The third-order valence-corrected chi connectivity index (χ3v) is 7.03. The Balaban J connectivity index is 2.03. The molecule has 1 aliphatic heterocycles. The summed E-state index contributed by atoms with van der Waals surface area (Å²) in [5.74, 6) is 0.117. The molecule has 23 heavy (non-hydrogen) atoms. The number of sulfone groups is 1. The Bertz CT molecular complexity index is 897. The summed E-state index contributed by atoms with van der Waals surface area (Å²) in [4.78, 5) is 0.554. The van der Waals surface area contributed by atoms with Crippen molar-refractivity contribution in [2.45, 2.75) is 55.1 Å². The first-order valence-electron chi connectivity index (χ1n) is 8.20. The molecule has 1 heterocycles. The van der Waals surface area contributed by atoms with E-state index in [-0.39, 0.29) is 16.6 Å². The fraction of sp³-hybridized carbons (Fsp3) is 0.400. The average Bonchev–Trinajstić information content (AvgIpc) is 3.27. The van der Waals surface area contributed by atoms with Crippen molar-refractivity contribution < 1.29 is 8.42 Å². The summed E-state index contributed by atoms with van der Waals surface area (Å²) in [6.45, 7) is 6.37. The maximum atomic E-state index is 13.1. The van der Waals surface area contributed by atoms with Gasteiger partial charge in [-0.15, -0.1) is 0 Å². The monoisotopic (exact) mass is 326 g/mol. The molecule has 0 N–H and O–H groups in total. The molecular formula is C20H22O2S. The number of benzene rings is 2. The van der Waals surface area contributed by atoms with Gasteiger partial charge < -0.3 is 0 Å². The molecule has 0 bridgehead atoms. The molecule has 2 aliphatic rings. The predicted octanol–water partition coefficient (Wildman–Crippen LogP) is 4.35. The zero-order valence-electron chi connectivity index (χ0n) is 13.9. The van der Waals surface area contributed by atoms with Crippen LogP contribution in [0.4, 0.5) is 0 Å². The van der Waals surface area contributed by atoms with Gasteiger partial charge >= 0.3 is 0 Å². The van der Waals surface area contributed by atoms with Crippen LogP contribution >= 0.6 is 0 Å². The topological polar surface area (TPSA) is 34.1 Å². The van der Waals surface area contributed by atoms with Crippen molar-refractivity contribution in [3.05, 3.63) is 64.7 Å². The first-order chi connectivity index (χ1) is 10.7. The molecule has 1 saturated carbocycles. The Hall–Kier alpha value is -1.61. The molecule has 0 amide bonds. The summed E-state index contributed by atoms with van der Waals surface area (Å²) in [6, 6.07) is 14.2. The van der Waals surface area contributed by atoms with Gasteiger partial charge in [0, 0.05) is 5.41 Å². The molecule has 2 aromatic carbocycles. The predicted molar refractivity (Wildman–Crippen MR) is 92.5 cm³/mol. The summed E-state index contributed by atoms with van der Waals surface area (Å²) in [6.07, 6.45) is 2.09. The summed E-state index contributed by atoms with van der Waals surface area (Å²) < 4.78 is 26.1. The van der Waals surface area contributed by atoms with Gasteiger partial charge in [0.25, 0.3) is 0 Å². The Labute approximate surface area is 138 Å². The molecule has 3 heteroatoms. The van der Waals surface area contributed by atoms with E-state index in [1.165, 1.54) is 5.56 Å². The molecule has 0 aromatic heterocycles. The molecular weight excluding hydrogens is 304 g/mol. The van der Waals surface area contributed by atoms with E-state index in [0.29, 0.717) is 4.90 Å². The van der Waals surface area contributed by atoms with E-state index in [0.717, 1.165) is 29.5 Å². The summed E-state index contributed by atoms with van der Waals surface area (Å²) in [7, 11) is -3.31. The van der Waals surface area contributed by atoms with Gasteiger partial charge in [0.2, 0.25) is 0 Å². The molecule has 120 valence electrons. The van der Waals surface area contributed by atoms with Gasteiger partial charge in [0.15, 0.2) is 9.84 Å². The lowest BCUT2D eigenvalue weighted by atomic mass is 9.82. The first-order valence-corrected chi connectivity index (χ1v) is 9.85. The molecule has 1 fully saturated rings. The maximum absolute atomic E-state index is 13.1. The maximum Gasteiger partial charge on any atom is 0.182 e. The van der Waals surface area contributed by atoms with Gasteiger partial charge in [-0.3, -0.25) is 0 Å². The van der Waals surface area contributed by atoms with E-state index in [1.54, 1.807) is 0 Å². The van der Waals surface area contributed by atoms with Crippen LogP contribution in [0.25, 0.3) is 0 Å². The Kier molecular flexibility index (Phi) is 2.91. The van der Waals surface area contributed by atoms with Gasteiger partial charge in [-0.05, 0) is 46.6 Å². The van der Waals surface area contributed by atoms with E-state index in [1.807, 2.05) is 24.3 Å². The first kappa shape index (κ1) is 14.9. The number of hydrogen-bond acceptors (Lipinski definition) is 2. The quantitative estimate of drug-likeness (QED) is 0.721. The van der Waals surface area contributed by atoms with Crippen molar-refractivity contribution in [1.82, 2.24) is 0 Å². The second-order valence-electron chi connectivity index (χ2n) is 7.96. The Morgan fingerprint density at radius 3 is 2.30 bits per heavy atom. The van der Waals surface area contributed by atoms with E-state index in [9.17, 15) is 8.42 Å². The highest BCUT2D eigenvalue weighted by Gasteiger charge is 2.51. The average molecular weight is 326 g/mol. The Morgan fingerprint density at radius 2 is 1.65 bits per heavy atom. The summed E-state index contributed by atoms with van der Waals surface area (Å²) in [5.41, 5.74) is 4.15. The number of fused-ring (bicyclic) bond motifs is 4. The molecule has 0 radical (unpaired) electrons. The highest BCUT2D eigenvalue weighted by Crippen LogP contribution is 2.58. The minimum Gasteiger partial charge on any atom is -0.223 e. The van der Waals surface area contributed by atoms with Gasteiger partial charge in [0.1, 0.15) is 0 Å². The zero-order chi connectivity index (χ0) is 16.5. The van der Waals surface area contributed by atoms with Crippen molar-refractivity contribution in [2.75, 3.05) is 0 Å². The third-order valence-electron chi connectivity index (χ3n) is 5.33. The second-order valence-corrected chi connectivity index (χ2v) is 9.92. The van der Waals surface area contributed by atoms with Crippen LogP contribution in [-0.4, -0.2) is 8.42 Å². The van der Waals surface area contributed by atoms with Gasteiger partial charge in [-0.25, -0.2) is 8.42 Å². The third kappa shape index (κ3) is 2.17. The van der Waals surface area contributed by atoms with Crippen molar-refractivity contribution in [2.24, 2.45) is 0 Å². The van der Waals surface area contributed by atoms with Crippen molar-refractivity contribution in [3.63, 3.8) is 0 Å². The molecule has 2 aromatic rings. The van der Waals surface area contributed by atoms with Crippen LogP contribution in [0.2, 0.25) is 0 Å². The smallest absolute Gasteiger partial charge is 0.182 e. The second kappa shape index (κ2) is 4.47. The molecule has 4 rings (SSSR count). The summed E-state index contributed by atoms with van der Waals surface area (Å²) >= 11 is 0. The largest absolute Gasteiger partial charge is 0.223 e. The van der Waals surface area contributed by atoms with Gasteiger partial charge in [-0.1, -0.05) is 57.2 Å². The van der Waals surface area contributed by atoms with E-state index >= 15 is 0 Å². The lowest BCUT2D eigenvalue weighted by molar-refractivity contribution is 0.581. The molecule has 0 saturated heterocycles. The van der Waals surface area contributed by atoms with Crippen LogP contribution in [0.3, 0.4) is 0 Å². The molecule has 0 atom stereocenters. The van der Waals surface area contributed by atoms with Crippen LogP contribution in [0.5, 0.6) is 0 Å². The van der Waals surface area contributed by atoms with Gasteiger partial charge in [0.05, 0.1) is 10.6 Å². The Morgan fingerprint density at radius 1 is 0.957 bits per heavy atom. The van der Waals surface area contributed by atoms with Crippen LogP contribution < -0.4 is 0 Å². The van der Waals surface area contributed by atoms with Crippen LogP contribution in [0.15, 0.2) is 47.4 Å². The number of rotatable bonds is 0. The van der Waals surface area contributed by atoms with E-state index in [2.05, 4.69) is 39.0 Å². The standard InChI is InChI=1S/C20H22O2S/c1-19(2,3)15-8-9-17-18(12-15)23(21,22)13-14-6-4-5-7-16(14)20(17)10-11-20/h4-9,12H,10-11,13H2,1-3H3. The van der Waals surface area contributed by atoms with Crippen molar-refractivity contribution in [1.29, 1.82) is 0 Å². The minimum absolute atomic E-state index is 0.0551. The SMILES string of the molecule is CC(C)(C)c1ccc2c(c1)S(=O)(=O)Cc1ccccc1C21CC1. The van der Waals surface area contributed by atoms with E-state index in [4.69, 9.17) is 0 Å². The van der Waals surface area contributed by atoms with Crippen molar-refractivity contribution in [3.8, 4) is 0 Å². The lowest BCUT2D eigenvalue weighted by Crippen LogP contribution is -2.16. The molecule has 2 nitrogen and oxygen atoms in total. The molecule has 0 unspecified atom stereocenters. The number of hydrogen-bond donors (Lipinski definition) is 0. The van der Waals surface area contributed by atoms with Crippen LogP contribution in [-0.2, 0) is 26.4 Å². The molecule has 1 aliphatic carbocycles. The highest BCUT2D eigenvalue weighted by molar-refractivity contribution is 7.90. The zero-order valence-corrected chi connectivity index (χ0v) is 14.7. The minimum atomic E-state index is -3.31. The van der Waals surface area contributed by atoms with E-state index < -0.39 is 9.84 Å². The fourth-order valence-corrected chi connectivity index (χ4v) is 5.57. The fourth-order valence-electron chi connectivity index (χ4n) is 3.85. The molecule has 1 spiro atoms.